The van der Waals surface area contributed by atoms with Gasteiger partial charge in [-0.1, -0.05) is 6.92 Å². The molecule has 1 heterocycles. The van der Waals surface area contributed by atoms with E-state index in [1.165, 1.54) is 0 Å². The van der Waals surface area contributed by atoms with Crippen LogP contribution in [0.5, 0.6) is 0 Å². The minimum atomic E-state index is -4.22. The Bertz CT molecular complexity index is 417. The Hall–Kier alpha value is -0.600. The second kappa shape index (κ2) is 7.42. The number of rotatable bonds is 7. The highest BCUT2D eigenvalue weighted by atomic mass is 79.9. The highest BCUT2D eigenvalue weighted by molar-refractivity contribution is 9.10. The Morgan fingerprint density at radius 3 is 2.60 bits per heavy atom. The first-order chi connectivity index (χ1) is 9.24. The van der Waals surface area contributed by atoms with Crippen LogP contribution in [0.3, 0.4) is 0 Å². The average Bonchev–Trinajstić information content (AvgIpc) is 2.65. The number of aromatic nitrogens is 2. The van der Waals surface area contributed by atoms with Crippen LogP contribution in [0.4, 0.5) is 13.2 Å². The number of likely N-dealkylation sites (N-methyl/N-ethyl adjacent to an activating group) is 1. The van der Waals surface area contributed by atoms with Crippen LogP contribution in [0.25, 0.3) is 0 Å². The van der Waals surface area contributed by atoms with Gasteiger partial charge < -0.3 is 10.2 Å². The summed E-state index contributed by atoms with van der Waals surface area (Å²) in [5.41, 5.74) is 0.547. The van der Waals surface area contributed by atoms with E-state index in [0.29, 0.717) is 29.8 Å². The molecule has 0 aliphatic carbocycles. The predicted octanol–water partition coefficient (Wildman–Crippen LogP) is 2.81. The van der Waals surface area contributed by atoms with Gasteiger partial charge in [0.15, 0.2) is 0 Å². The van der Waals surface area contributed by atoms with Crippen molar-refractivity contribution in [1.29, 1.82) is 0 Å². The van der Waals surface area contributed by atoms with Crippen molar-refractivity contribution in [2.45, 2.75) is 32.1 Å². The Kier molecular flexibility index (Phi) is 6.47. The van der Waals surface area contributed by atoms with Crippen LogP contribution < -0.4 is 5.32 Å². The second-order valence-electron chi connectivity index (χ2n) is 4.83. The van der Waals surface area contributed by atoms with Crippen molar-refractivity contribution in [3.63, 3.8) is 0 Å². The minimum absolute atomic E-state index is 0.464. The molecule has 4 nitrogen and oxygen atoms in total. The van der Waals surface area contributed by atoms with Crippen molar-refractivity contribution in [1.82, 2.24) is 20.0 Å². The number of hydrogen-bond donors (Lipinski definition) is 1. The lowest BCUT2D eigenvalue weighted by Gasteiger charge is -2.22. The topological polar surface area (TPSA) is 33.1 Å². The van der Waals surface area contributed by atoms with Gasteiger partial charge >= 0.3 is 6.18 Å². The van der Waals surface area contributed by atoms with Gasteiger partial charge in [-0.3, -0.25) is 4.68 Å². The van der Waals surface area contributed by atoms with E-state index in [-0.39, 0.29) is 0 Å². The lowest BCUT2D eigenvalue weighted by Crippen LogP contribution is -2.30. The van der Waals surface area contributed by atoms with E-state index in [1.54, 1.807) is 17.8 Å². The third kappa shape index (κ3) is 5.41. The summed E-state index contributed by atoms with van der Waals surface area (Å²) >= 11 is 3.30. The fourth-order valence-electron chi connectivity index (χ4n) is 1.93. The molecule has 0 aliphatic heterocycles. The molecule has 0 radical (unpaired) electrons. The Balaban J connectivity index is 2.96. The molecule has 0 saturated carbocycles. The Morgan fingerprint density at radius 2 is 2.10 bits per heavy atom. The number of hydrogen-bond acceptors (Lipinski definition) is 3. The standard InChI is InChI=1S/C12H20BrF3N4/c1-4-17-10(7-12(14,15)16)11-9(13)8-18-20(11)6-5-19(2)3/h8,10,17H,4-7H2,1-3H3. The van der Waals surface area contributed by atoms with Gasteiger partial charge in [-0.2, -0.15) is 18.3 Å². The van der Waals surface area contributed by atoms with E-state index in [2.05, 4.69) is 26.3 Å². The van der Waals surface area contributed by atoms with Crippen molar-refractivity contribution in [3.8, 4) is 0 Å². The molecular weight excluding hydrogens is 337 g/mol. The number of halogens is 4. The van der Waals surface area contributed by atoms with Gasteiger partial charge in [-0.05, 0) is 36.6 Å². The van der Waals surface area contributed by atoms with Gasteiger partial charge in [0.1, 0.15) is 0 Å². The number of alkyl halides is 3. The van der Waals surface area contributed by atoms with Crippen LogP contribution in [0.2, 0.25) is 0 Å². The van der Waals surface area contributed by atoms with Crippen LogP contribution in [0.15, 0.2) is 10.7 Å². The van der Waals surface area contributed by atoms with Gasteiger partial charge in [0.2, 0.25) is 0 Å². The lowest BCUT2D eigenvalue weighted by atomic mass is 10.1. The van der Waals surface area contributed by atoms with Gasteiger partial charge in [0.25, 0.3) is 0 Å². The first-order valence-corrected chi connectivity index (χ1v) is 7.20. The SMILES string of the molecule is CCNC(CC(F)(F)F)c1c(Br)cnn1CCN(C)C. The highest BCUT2D eigenvalue weighted by Crippen LogP contribution is 2.32. The summed E-state index contributed by atoms with van der Waals surface area (Å²) in [6, 6.07) is -0.793. The molecule has 0 saturated heterocycles. The molecule has 8 heteroatoms. The molecule has 1 aromatic heterocycles. The van der Waals surface area contributed by atoms with Gasteiger partial charge in [0.05, 0.1) is 35.4 Å². The molecule has 0 aromatic carbocycles. The Labute approximate surface area is 125 Å². The van der Waals surface area contributed by atoms with Crippen LogP contribution in [-0.2, 0) is 6.54 Å². The molecule has 0 bridgehead atoms. The zero-order valence-electron chi connectivity index (χ0n) is 11.8. The van der Waals surface area contributed by atoms with Gasteiger partial charge in [0, 0.05) is 6.54 Å². The van der Waals surface area contributed by atoms with E-state index in [0.717, 1.165) is 0 Å². The normalized spacial score (nSPS) is 14.0. The molecule has 1 rings (SSSR count). The van der Waals surface area contributed by atoms with Crippen molar-refractivity contribution in [2.75, 3.05) is 27.2 Å². The summed E-state index contributed by atoms with van der Waals surface area (Å²) in [6.45, 7) is 3.52. The maximum Gasteiger partial charge on any atom is 0.390 e. The maximum absolute atomic E-state index is 12.7. The quantitative estimate of drug-likeness (QED) is 0.815. The third-order valence-electron chi connectivity index (χ3n) is 2.81. The molecule has 0 aliphatic rings. The summed E-state index contributed by atoms with van der Waals surface area (Å²) in [5.74, 6) is 0. The highest BCUT2D eigenvalue weighted by Gasteiger charge is 2.34. The fourth-order valence-corrected chi connectivity index (χ4v) is 2.51. The van der Waals surface area contributed by atoms with Crippen LogP contribution >= 0.6 is 15.9 Å². The molecule has 0 amide bonds. The molecule has 1 atom stereocenters. The smallest absolute Gasteiger partial charge is 0.309 e. The largest absolute Gasteiger partial charge is 0.390 e. The van der Waals surface area contributed by atoms with Gasteiger partial charge in [-0.15, -0.1) is 0 Å². The van der Waals surface area contributed by atoms with E-state index < -0.39 is 18.6 Å². The van der Waals surface area contributed by atoms with Crippen molar-refractivity contribution < 1.29 is 13.2 Å². The molecule has 20 heavy (non-hydrogen) atoms. The monoisotopic (exact) mass is 356 g/mol. The van der Waals surface area contributed by atoms with Crippen molar-refractivity contribution in [2.24, 2.45) is 0 Å². The molecular formula is C12H20BrF3N4. The predicted molar refractivity (Wildman–Crippen MR) is 75.6 cm³/mol. The average molecular weight is 357 g/mol. The van der Waals surface area contributed by atoms with Gasteiger partial charge in [-0.25, -0.2) is 0 Å². The first kappa shape index (κ1) is 17.5. The van der Waals surface area contributed by atoms with E-state index >= 15 is 0 Å². The summed E-state index contributed by atoms with van der Waals surface area (Å²) in [6.07, 6.45) is -3.58. The molecule has 1 aromatic rings. The van der Waals surface area contributed by atoms with Crippen LogP contribution in [0, 0.1) is 0 Å². The molecule has 1 N–H and O–H groups in total. The van der Waals surface area contributed by atoms with E-state index in [4.69, 9.17) is 0 Å². The molecule has 0 spiro atoms. The van der Waals surface area contributed by atoms with Crippen LogP contribution in [-0.4, -0.2) is 48.0 Å². The summed E-state index contributed by atoms with van der Waals surface area (Å²) < 4.78 is 40.3. The maximum atomic E-state index is 12.7. The zero-order chi connectivity index (χ0) is 15.3. The van der Waals surface area contributed by atoms with Crippen LogP contribution in [0.1, 0.15) is 25.1 Å². The molecule has 0 fully saturated rings. The van der Waals surface area contributed by atoms with Crippen molar-refractivity contribution >= 4 is 15.9 Å². The van der Waals surface area contributed by atoms with Crippen molar-refractivity contribution in [3.05, 3.63) is 16.4 Å². The number of nitrogens with one attached hydrogen (secondary N) is 1. The Morgan fingerprint density at radius 1 is 1.45 bits per heavy atom. The van der Waals surface area contributed by atoms with E-state index in [9.17, 15) is 13.2 Å². The fraction of sp³-hybridized carbons (Fsp3) is 0.750. The first-order valence-electron chi connectivity index (χ1n) is 6.40. The summed E-state index contributed by atoms with van der Waals surface area (Å²) in [7, 11) is 3.82. The lowest BCUT2D eigenvalue weighted by molar-refractivity contribution is -0.140. The van der Waals surface area contributed by atoms with E-state index in [1.807, 2.05) is 19.0 Å². The zero-order valence-corrected chi connectivity index (χ0v) is 13.4. The summed E-state index contributed by atoms with van der Waals surface area (Å²) in [4.78, 5) is 1.96. The third-order valence-corrected chi connectivity index (χ3v) is 3.42. The molecule has 1 unspecified atom stereocenters. The minimum Gasteiger partial charge on any atom is -0.309 e. The number of nitrogens with zero attached hydrogens (tertiary/aromatic N) is 3. The summed E-state index contributed by atoms with van der Waals surface area (Å²) in [5, 5.41) is 7.04. The second-order valence-corrected chi connectivity index (χ2v) is 5.69. The molecule has 116 valence electrons.